The van der Waals surface area contributed by atoms with Crippen LogP contribution in [0, 0.1) is 5.82 Å². The van der Waals surface area contributed by atoms with Crippen LogP contribution in [0.15, 0.2) is 35.2 Å². The number of aryl methyl sites for hydroxylation is 1. The maximum absolute atomic E-state index is 14.5. The van der Waals surface area contributed by atoms with Crippen molar-refractivity contribution in [3.63, 3.8) is 0 Å². The third-order valence-corrected chi connectivity index (χ3v) is 7.52. The molecule has 1 aromatic heterocycles. The number of carbonyl (C=O) groups is 2. The predicted molar refractivity (Wildman–Crippen MR) is 124 cm³/mol. The first-order chi connectivity index (χ1) is 15.4. The van der Waals surface area contributed by atoms with Crippen LogP contribution in [-0.4, -0.2) is 36.1 Å². The molecular weight excluding hydrogens is 469 g/mol. The number of hydrogen-bond donors (Lipinski definition) is 1. The number of benzene rings is 2. The van der Waals surface area contributed by atoms with Gasteiger partial charge in [0.2, 0.25) is 0 Å². The van der Waals surface area contributed by atoms with Gasteiger partial charge >= 0.3 is 5.97 Å². The molecule has 1 aliphatic heterocycles. The number of aliphatic carboxylic acids is 1. The van der Waals surface area contributed by atoms with E-state index in [9.17, 15) is 27.5 Å². The van der Waals surface area contributed by atoms with Gasteiger partial charge in [-0.05, 0) is 48.2 Å². The summed E-state index contributed by atoms with van der Waals surface area (Å²) >= 11 is 6.02. The van der Waals surface area contributed by atoms with Crippen LogP contribution in [0.1, 0.15) is 65.7 Å². The fraction of sp³-hybridized carbons (Fsp3) is 0.333. The van der Waals surface area contributed by atoms with E-state index in [2.05, 4.69) is 0 Å². The van der Waals surface area contributed by atoms with Crippen LogP contribution in [0.2, 0.25) is 5.02 Å². The van der Waals surface area contributed by atoms with E-state index >= 15 is 0 Å². The molecule has 6 nitrogen and oxygen atoms in total. The molecule has 2 aromatic carbocycles. The molecule has 0 spiro atoms. The molecule has 0 radical (unpaired) electrons. The van der Waals surface area contributed by atoms with Gasteiger partial charge in [0, 0.05) is 40.4 Å². The van der Waals surface area contributed by atoms with E-state index in [0.717, 1.165) is 6.26 Å². The standard InChI is InChI=1S/C24H23ClFNO5S/c1-12(2)17-10-15(26)11-18-21(17)22(23-13(8-20(28)29)6-7-27(18)23)24(30)16-5-4-14(25)9-19(16)33(3,31)32/h4-5,9-13H,6-8H2,1-3H3,(H,28,29). The van der Waals surface area contributed by atoms with E-state index in [1.807, 2.05) is 13.8 Å². The Morgan fingerprint density at radius 1 is 1.24 bits per heavy atom. The molecule has 0 bridgehead atoms. The Hall–Kier alpha value is -2.71. The summed E-state index contributed by atoms with van der Waals surface area (Å²) in [5.41, 5.74) is 1.83. The second-order valence-electron chi connectivity index (χ2n) is 8.78. The van der Waals surface area contributed by atoms with E-state index in [0.29, 0.717) is 35.1 Å². The number of ketones is 1. The van der Waals surface area contributed by atoms with Crippen molar-refractivity contribution >= 4 is 44.1 Å². The van der Waals surface area contributed by atoms with E-state index < -0.39 is 33.3 Å². The SMILES string of the molecule is CC(C)c1cc(F)cc2c1c(C(=O)c1ccc(Cl)cc1S(C)(=O)=O)c1n2CCC1CC(=O)O. The Morgan fingerprint density at radius 3 is 2.55 bits per heavy atom. The molecule has 1 atom stereocenters. The Kier molecular flexibility index (Phi) is 5.87. The lowest BCUT2D eigenvalue weighted by Crippen LogP contribution is -2.13. The van der Waals surface area contributed by atoms with Gasteiger partial charge in [0.15, 0.2) is 15.6 Å². The Labute approximate surface area is 195 Å². The smallest absolute Gasteiger partial charge is 0.304 e. The molecule has 0 saturated heterocycles. The lowest BCUT2D eigenvalue weighted by molar-refractivity contribution is -0.137. The van der Waals surface area contributed by atoms with Crippen molar-refractivity contribution in [2.75, 3.05) is 6.26 Å². The maximum atomic E-state index is 14.5. The molecule has 1 unspecified atom stereocenters. The highest BCUT2D eigenvalue weighted by Gasteiger charge is 2.36. The van der Waals surface area contributed by atoms with Crippen molar-refractivity contribution in [1.82, 2.24) is 4.57 Å². The zero-order valence-electron chi connectivity index (χ0n) is 18.4. The number of carbonyl (C=O) groups excluding carboxylic acids is 1. The molecule has 33 heavy (non-hydrogen) atoms. The molecule has 2 heterocycles. The Balaban J connectivity index is 2.10. The molecule has 1 N–H and O–H groups in total. The predicted octanol–water partition coefficient (Wildman–Crippen LogP) is 5.15. The first kappa shape index (κ1) is 23.4. The number of nitrogens with zero attached hydrogens (tertiary/aromatic N) is 1. The van der Waals surface area contributed by atoms with Crippen molar-refractivity contribution in [1.29, 1.82) is 0 Å². The van der Waals surface area contributed by atoms with Gasteiger partial charge < -0.3 is 9.67 Å². The molecule has 9 heteroatoms. The third-order valence-electron chi connectivity index (χ3n) is 6.15. The van der Waals surface area contributed by atoms with E-state index in [4.69, 9.17) is 11.6 Å². The minimum Gasteiger partial charge on any atom is -0.481 e. The first-order valence-electron chi connectivity index (χ1n) is 10.5. The highest BCUT2D eigenvalue weighted by Crippen LogP contribution is 2.44. The second kappa shape index (κ2) is 8.25. The Bertz CT molecular complexity index is 1420. The van der Waals surface area contributed by atoms with Crippen molar-refractivity contribution in [3.8, 4) is 0 Å². The number of carboxylic acids is 1. The number of fused-ring (bicyclic) bond motifs is 3. The molecule has 0 aliphatic carbocycles. The van der Waals surface area contributed by atoms with Crippen molar-refractivity contribution in [3.05, 3.63) is 63.6 Å². The lowest BCUT2D eigenvalue weighted by Gasteiger charge is -2.14. The molecule has 4 rings (SSSR count). The van der Waals surface area contributed by atoms with Gasteiger partial charge in [-0.15, -0.1) is 0 Å². The van der Waals surface area contributed by atoms with Gasteiger partial charge in [0.05, 0.1) is 22.4 Å². The van der Waals surface area contributed by atoms with Gasteiger partial charge in [-0.1, -0.05) is 25.4 Å². The average molecular weight is 492 g/mol. The molecule has 174 valence electrons. The van der Waals surface area contributed by atoms with Crippen LogP contribution in [0.25, 0.3) is 10.9 Å². The number of carboxylic acid groups (broad SMARTS) is 1. The number of halogens is 2. The molecule has 0 saturated carbocycles. The lowest BCUT2D eigenvalue weighted by atomic mass is 9.88. The van der Waals surface area contributed by atoms with Crippen LogP contribution >= 0.6 is 11.6 Å². The number of aromatic nitrogens is 1. The molecule has 3 aromatic rings. The zero-order valence-corrected chi connectivity index (χ0v) is 19.9. The van der Waals surface area contributed by atoms with Crippen LogP contribution in [0.4, 0.5) is 4.39 Å². The zero-order chi connectivity index (χ0) is 24.2. The van der Waals surface area contributed by atoms with E-state index in [-0.39, 0.29) is 33.4 Å². The van der Waals surface area contributed by atoms with E-state index in [1.54, 1.807) is 4.57 Å². The molecular formula is C24H23ClFNO5S. The maximum Gasteiger partial charge on any atom is 0.304 e. The minimum atomic E-state index is -3.79. The van der Waals surface area contributed by atoms with Crippen LogP contribution in [0.5, 0.6) is 0 Å². The monoisotopic (exact) mass is 491 g/mol. The highest BCUT2D eigenvalue weighted by atomic mass is 35.5. The summed E-state index contributed by atoms with van der Waals surface area (Å²) in [6.45, 7) is 4.20. The fourth-order valence-corrected chi connectivity index (χ4v) is 5.94. The molecule has 0 fully saturated rings. The molecule has 0 amide bonds. The quantitative estimate of drug-likeness (QED) is 0.481. The summed E-state index contributed by atoms with van der Waals surface area (Å²) in [6.07, 6.45) is 1.31. The summed E-state index contributed by atoms with van der Waals surface area (Å²) in [4.78, 5) is 25.3. The summed E-state index contributed by atoms with van der Waals surface area (Å²) < 4.78 is 41.3. The first-order valence-corrected chi connectivity index (χ1v) is 12.8. The summed E-state index contributed by atoms with van der Waals surface area (Å²) in [6, 6.07) is 6.78. The van der Waals surface area contributed by atoms with E-state index in [1.165, 1.54) is 30.3 Å². The van der Waals surface area contributed by atoms with Crippen molar-refractivity contribution in [2.45, 2.75) is 50.0 Å². The van der Waals surface area contributed by atoms with Crippen LogP contribution in [-0.2, 0) is 21.2 Å². The average Bonchev–Trinajstić information content (AvgIpc) is 3.24. The third kappa shape index (κ3) is 4.06. The van der Waals surface area contributed by atoms with Crippen LogP contribution < -0.4 is 0 Å². The Morgan fingerprint density at radius 2 is 1.94 bits per heavy atom. The fourth-order valence-electron chi connectivity index (χ4n) is 4.80. The summed E-state index contributed by atoms with van der Waals surface area (Å²) in [7, 11) is -3.79. The van der Waals surface area contributed by atoms with Crippen molar-refractivity contribution in [2.24, 2.45) is 0 Å². The molecule has 1 aliphatic rings. The normalized spacial score (nSPS) is 15.9. The highest BCUT2D eigenvalue weighted by molar-refractivity contribution is 7.90. The number of hydrogen-bond acceptors (Lipinski definition) is 4. The van der Waals surface area contributed by atoms with Gasteiger partial charge in [0.25, 0.3) is 0 Å². The topological polar surface area (TPSA) is 93.4 Å². The largest absolute Gasteiger partial charge is 0.481 e. The van der Waals surface area contributed by atoms with Gasteiger partial charge in [0.1, 0.15) is 5.82 Å². The minimum absolute atomic E-state index is 0.0443. The van der Waals surface area contributed by atoms with Gasteiger partial charge in [-0.25, -0.2) is 12.8 Å². The summed E-state index contributed by atoms with van der Waals surface area (Å²) in [5.74, 6) is -2.58. The second-order valence-corrected chi connectivity index (χ2v) is 11.2. The number of sulfone groups is 1. The van der Waals surface area contributed by atoms with Gasteiger partial charge in [-0.2, -0.15) is 0 Å². The van der Waals surface area contributed by atoms with Gasteiger partial charge in [-0.3, -0.25) is 9.59 Å². The van der Waals surface area contributed by atoms with Crippen molar-refractivity contribution < 1.29 is 27.5 Å². The summed E-state index contributed by atoms with van der Waals surface area (Å²) in [5, 5.41) is 10.2. The van der Waals surface area contributed by atoms with Crippen LogP contribution in [0.3, 0.4) is 0 Å². The number of rotatable bonds is 6.